The second kappa shape index (κ2) is 6.15. The number of hydrogen-bond acceptors (Lipinski definition) is 4. The summed E-state index contributed by atoms with van der Waals surface area (Å²) in [6, 6.07) is 0.730. The van der Waals surface area contributed by atoms with Crippen molar-refractivity contribution in [1.82, 2.24) is 15.1 Å². The minimum absolute atomic E-state index is 0.432. The Morgan fingerprint density at radius 3 is 2.90 bits per heavy atom. The number of nitrogens with zero attached hydrogens (tertiary/aromatic N) is 2. The highest BCUT2D eigenvalue weighted by atomic mass is 16.5. The maximum Gasteiger partial charge on any atom is 0.0829 e. The fourth-order valence-corrected chi connectivity index (χ4v) is 5.05. The van der Waals surface area contributed by atoms with Crippen LogP contribution < -0.4 is 5.32 Å². The van der Waals surface area contributed by atoms with E-state index in [1.165, 1.54) is 77.7 Å². The lowest BCUT2D eigenvalue weighted by atomic mass is 9.97. The third kappa shape index (κ3) is 3.14. The molecule has 120 valence electrons. The second-order valence-corrected chi connectivity index (χ2v) is 7.75. The lowest BCUT2D eigenvalue weighted by Gasteiger charge is -2.39. The summed E-state index contributed by atoms with van der Waals surface area (Å²) < 4.78 is 6.18. The smallest absolute Gasteiger partial charge is 0.0829 e. The molecule has 2 atom stereocenters. The number of hydrogen-bond donors (Lipinski definition) is 1. The molecule has 3 heterocycles. The van der Waals surface area contributed by atoms with E-state index in [4.69, 9.17) is 4.74 Å². The molecule has 0 amide bonds. The van der Waals surface area contributed by atoms with Crippen molar-refractivity contribution in [3.8, 4) is 0 Å². The van der Waals surface area contributed by atoms with Gasteiger partial charge >= 0.3 is 0 Å². The first-order chi connectivity index (χ1) is 10.3. The van der Waals surface area contributed by atoms with Crippen molar-refractivity contribution in [1.29, 1.82) is 0 Å². The van der Waals surface area contributed by atoms with Gasteiger partial charge in [0.05, 0.1) is 12.7 Å². The number of fused-ring (bicyclic) bond motifs is 1. The Labute approximate surface area is 129 Å². The maximum absolute atomic E-state index is 6.18. The molecule has 1 saturated carbocycles. The second-order valence-electron chi connectivity index (χ2n) is 7.75. The minimum atomic E-state index is 0.432. The lowest BCUT2D eigenvalue weighted by Crippen LogP contribution is -2.53. The predicted molar refractivity (Wildman–Crippen MR) is 84.6 cm³/mol. The van der Waals surface area contributed by atoms with Gasteiger partial charge in [0.2, 0.25) is 0 Å². The highest BCUT2D eigenvalue weighted by Crippen LogP contribution is 2.32. The van der Waals surface area contributed by atoms with Gasteiger partial charge in [-0.15, -0.1) is 0 Å². The quantitative estimate of drug-likeness (QED) is 0.834. The van der Waals surface area contributed by atoms with Gasteiger partial charge in [-0.1, -0.05) is 12.8 Å². The van der Waals surface area contributed by atoms with Crippen molar-refractivity contribution < 1.29 is 4.74 Å². The van der Waals surface area contributed by atoms with Crippen LogP contribution in [0.2, 0.25) is 0 Å². The zero-order chi connectivity index (χ0) is 14.1. The zero-order valence-electron chi connectivity index (χ0n) is 13.4. The minimum Gasteiger partial charge on any atom is -0.374 e. The summed E-state index contributed by atoms with van der Waals surface area (Å²) in [5.74, 6) is 0. The average Bonchev–Trinajstić information content (AvgIpc) is 3.07. The van der Waals surface area contributed by atoms with Crippen LogP contribution in [0.25, 0.3) is 0 Å². The Morgan fingerprint density at radius 1 is 1.10 bits per heavy atom. The molecule has 3 saturated heterocycles. The number of morpholine rings is 1. The Balaban J connectivity index is 1.35. The third-order valence-electron chi connectivity index (χ3n) is 6.16. The Kier molecular flexibility index (Phi) is 4.23. The standard InChI is InChI=1S/C17H31N3O/c1-2-7-17(6-1)14-19(9-4-8-18-17)11-16-12-20-10-3-5-15(20)13-21-16/h15-16,18H,1-14H2. The highest BCUT2D eigenvalue weighted by molar-refractivity contribution is 4.97. The highest BCUT2D eigenvalue weighted by Gasteiger charge is 2.38. The van der Waals surface area contributed by atoms with Gasteiger partial charge in [0, 0.05) is 31.2 Å². The number of rotatable bonds is 2. The molecule has 0 aromatic heterocycles. The molecule has 0 radical (unpaired) electrons. The SMILES string of the molecule is C1CNC2(CCCC2)CN(CC2CN3CCCC3CO2)C1. The van der Waals surface area contributed by atoms with Crippen molar-refractivity contribution in [3.63, 3.8) is 0 Å². The number of ether oxygens (including phenoxy) is 1. The largest absolute Gasteiger partial charge is 0.374 e. The van der Waals surface area contributed by atoms with E-state index in [9.17, 15) is 0 Å². The van der Waals surface area contributed by atoms with E-state index in [0.717, 1.165) is 19.2 Å². The van der Waals surface area contributed by atoms with Crippen molar-refractivity contribution in [2.75, 3.05) is 45.9 Å². The van der Waals surface area contributed by atoms with Crippen molar-refractivity contribution in [2.24, 2.45) is 0 Å². The van der Waals surface area contributed by atoms with Crippen LogP contribution in [-0.2, 0) is 4.74 Å². The molecule has 4 heteroatoms. The molecule has 2 unspecified atom stereocenters. The zero-order valence-corrected chi connectivity index (χ0v) is 13.4. The molecule has 4 fully saturated rings. The average molecular weight is 293 g/mol. The van der Waals surface area contributed by atoms with E-state index >= 15 is 0 Å². The van der Waals surface area contributed by atoms with Crippen LogP contribution >= 0.6 is 0 Å². The summed E-state index contributed by atoms with van der Waals surface area (Å²) >= 11 is 0. The molecular weight excluding hydrogens is 262 g/mol. The molecule has 0 bridgehead atoms. The molecule has 4 nitrogen and oxygen atoms in total. The van der Waals surface area contributed by atoms with Gasteiger partial charge in [0.1, 0.15) is 0 Å². The van der Waals surface area contributed by atoms with Crippen LogP contribution in [-0.4, -0.2) is 73.4 Å². The summed E-state index contributed by atoms with van der Waals surface area (Å²) in [5.41, 5.74) is 0.432. The van der Waals surface area contributed by atoms with Gasteiger partial charge in [-0.3, -0.25) is 9.80 Å². The van der Waals surface area contributed by atoms with Crippen molar-refractivity contribution in [2.45, 2.75) is 62.6 Å². The van der Waals surface area contributed by atoms with Gasteiger partial charge < -0.3 is 10.1 Å². The first kappa shape index (κ1) is 14.4. The van der Waals surface area contributed by atoms with Crippen LogP contribution in [0.3, 0.4) is 0 Å². The summed E-state index contributed by atoms with van der Waals surface area (Å²) in [7, 11) is 0. The molecule has 0 aromatic rings. The van der Waals surface area contributed by atoms with Gasteiger partial charge in [-0.05, 0) is 51.7 Å². The molecular formula is C17H31N3O. The van der Waals surface area contributed by atoms with Crippen LogP contribution in [0.4, 0.5) is 0 Å². The van der Waals surface area contributed by atoms with E-state index < -0.39 is 0 Å². The molecule has 21 heavy (non-hydrogen) atoms. The summed E-state index contributed by atoms with van der Waals surface area (Å²) in [6.45, 7) is 8.29. The normalized spacial score (nSPS) is 37.7. The molecule has 3 aliphatic heterocycles. The van der Waals surface area contributed by atoms with Crippen LogP contribution in [0.5, 0.6) is 0 Å². The molecule has 1 spiro atoms. The summed E-state index contributed by atoms with van der Waals surface area (Å²) in [5, 5.41) is 3.87. The van der Waals surface area contributed by atoms with Gasteiger partial charge in [-0.25, -0.2) is 0 Å². The monoisotopic (exact) mass is 293 g/mol. The van der Waals surface area contributed by atoms with Gasteiger partial charge in [-0.2, -0.15) is 0 Å². The maximum atomic E-state index is 6.18. The Hall–Kier alpha value is -0.160. The first-order valence-electron chi connectivity index (χ1n) is 9.16. The third-order valence-corrected chi connectivity index (χ3v) is 6.16. The molecule has 0 aromatic carbocycles. The van der Waals surface area contributed by atoms with Gasteiger partial charge in [0.25, 0.3) is 0 Å². The van der Waals surface area contributed by atoms with Crippen LogP contribution in [0.15, 0.2) is 0 Å². The molecule has 1 N–H and O–H groups in total. The predicted octanol–water partition coefficient (Wildman–Crippen LogP) is 1.46. The topological polar surface area (TPSA) is 27.7 Å². The lowest BCUT2D eigenvalue weighted by molar-refractivity contribution is -0.0623. The van der Waals surface area contributed by atoms with E-state index in [2.05, 4.69) is 15.1 Å². The van der Waals surface area contributed by atoms with Crippen LogP contribution in [0.1, 0.15) is 44.9 Å². The number of nitrogens with one attached hydrogen (secondary N) is 1. The first-order valence-corrected chi connectivity index (χ1v) is 9.16. The summed E-state index contributed by atoms with van der Waals surface area (Å²) in [6.07, 6.45) is 10.0. The van der Waals surface area contributed by atoms with Gasteiger partial charge in [0.15, 0.2) is 0 Å². The van der Waals surface area contributed by atoms with Crippen LogP contribution in [0, 0.1) is 0 Å². The summed E-state index contributed by atoms with van der Waals surface area (Å²) in [4.78, 5) is 5.38. The van der Waals surface area contributed by atoms with Crippen molar-refractivity contribution >= 4 is 0 Å². The fourth-order valence-electron chi connectivity index (χ4n) is 5.05. The van der Waals surface area contributed by atoms with E-state index in [1.807, 2.05) is 0 Å². The Bertz CT molecular complexity index is 356. The fraction of sp³-hybridized carbons (Fsp3) is 1.00. The van der Waals surface area contributed by atoms with E-state index in [0.29, 0.717) is 11.6 Å². The van der Waals surface area contributed by atoms with E-state index in [-0.39, 0.29) is 0 Å². The Morgan fingerprint density at radius 2 is 2.00 bits per heavy atom. The molecule has 4 rings (SSSR count). The molecule has 1 aliphatic carbocycles. The van der Waals surface area contributed by atoms with Crippen molar-refractivity contribution in [3.05, 3.63) is 0 Å². The molecule has 4 aliphatic rings. The van der Waals surface area contributed by atoms with E-state index in [1.54, 1.807) is 0 Å².